The molecule has 0 aliphatic carbocycles. The molecule has 1 amide bonds. The minimum absolute atomic E-state index is 0.296. The lowest BCUT2D eigenvalue weighted by Crippen LogP contribution is -2.35. The van der Waals surface area contributed by atoms with Crippen LogP contribution in [-0.2, 0) is 16.1 Å². The summed E-state index contributed by atoms with van der Waals surface area (Å²) in [6.07, 6.45) is -0.739. The molecule has 104 valence electrons. The van der Waals surface area contributed by atoms with Crippen molar-refractivity contribution in [2.45, 2.75) is 12.7 Å². The van der Waals surface area contributed by atoms with E-state index < -0.39 is 6.10 Å². The average Bonchev–Trinajstić information content (AvgIpc) is 2.50. The fraction of sp³-hybridized carbons (Fsp3) is 0.133. The van der Waals surface area contributed by atoms with Gasteiger partial charge in [-0.15, -0.1) is 0 Å². The molecule has 2 aromatic rings. The molecular formula is C15H15ClN2O2. The van der Waals surface area contributed by atoms with Crippen molar-refractivity contribution in [1.29, 1.82) is 0 Å². The maximum absolute atomic E-state index is 11.8. The first-order valence-corrected chi connectivity index (χ1v) is 6.50. The Balaban J connectivity index is 2.09. The largest absolute Gasteiger partial charge is 0.359 e. The molecular weight excluding hydrogens is 276 g/mol. The smallest absolute Gasteiger partial charge is 0.267 e. The Morgan fingerprint density at radius 2 is 1.80 bits per heavy atom. The van der Waals surface area contributed by atoms with Gasteiger partial charge < -0.3 is 4.74 Å². The van der Waals surface area contributed by atoms with Crippen molar-refractivity contribution in [1.82, 2.24) is 5.43 Å². The van der Waals surface area contributed by atoms with E-state index in [-0.39, 0.29) is 5.91 Å². The Bertz CT molecular complexity index is 558. The van der Waals surface area contributed by atoms with Crippen LogP contribution < -0.4 is 11.3 Å². The second kappa shape index (κ2) is 7.05. The topological polar surface area (TPSA) is 64.3 Å². The third-order valence-electron chi connectivity index (χ3n) is 2.81. The number of nitrogens with one attached hydrogen (secondary N) is 1. The highest BCUT2D eigenvalue weighted by atomic mass is 35.5. The van der Waals surface area contributed by atoms with Crippen molar-refractivity contribution < 1.29 is 9.53 Å². The highest BCUT2D eigenvalue weighted by Gasteiger charge is 2.20. The maximum atomic E-state index is 11.8. The van der Waals surface area contributed by atoms with Crippen LogP contribution in [0.2, 0.25) is 5.02 Å². The molecule has 2 rings (SSSR count). The summed E-state index contributed by atoms with van der Waals surface area (Å²) >= 11 is 5.82. The molecule has 0 heterocycles. The molecule has 1 unspecified atom stereocenters. The van der Waals surface area contributed by atoms with Gasteiger partial charge in [-0.2, -0.15) is 0 Å². The van der Waals surface area contributed by atoms with E-state index in [4.69, 9.17) is 22.2 Å². The van der Waals surface area contributed by atoms with Crippen LogP contribution in [0.15, 0.2) is 54.6 Å². The van der Waals surface area contributed by atoms with E-state index in [0.29, 0.717) is 11.6 Å². The van der Waals surface area contributed by atoms with E-state index in [1.807, 2.05) is 42.5 Å². The number of ether oxygens (including phenoxy) is 1. The molecule has 5 heteroatoms. The molecule has 2 aromatic carbocycles. The summed E-state index contributed by atoms with van der Waals surface area (Å²) in [7, 11) is 0. The Morgan fingerprint density at radius 3 is 2.40 bits per heavy atom. The Morgan fingerprint density at radius 1 is 1.15 bits per heavy atom. The molecule has 0 radical (unpaired) electrons. The van der Waals surface area contributed by atoms with Gasteiger partial charge in [-0.1, -0.05) is 54.1 Å². The van der Waals surface area contributed by atoms with Crippen molar-refractivity contribution in [3.8, 4) is 0 Å². The van der Waals surface area contributed by atoms with Gasteiger partial charge in [0, 0.05) is 5.02 Å². The van der Waals surface area contributed by atoms with Crippen molar-refractivity contribution in [2.75, 3.05) is 0 Å². The fourth-order valence-electron chi connectivity index (χ4n) is 1.79. The van der Waals surface area contributed by atoms with Crippen LogP contribution in [0.25, 0.3) is 0 Å². The number of hydrogen-bond acceptors (Lipinski definition) is 3. The second-order valence-electron chi connectivity index (χ2n) is 4.24. The molecule has 0 saturated carbocycles. The van der Waals surface area contributed by atoms with Gasteiger partial charge in [-0.25, -0.2) is 5.84 Å². The van der Waals surface area contributed by atoms with Gasteiger partial charge in [0.1, 0.15) is 0 Å². The third kappa shape index (κ3) is 3.81. The van der Waals surface area contributed by atoms with Crippen LogP contribution in [0.5, 0.6) is 0 Å². The van der Waals surface area contributed by atoms with Gasteiger partial charge in [0.2, 0.25) is 0 Å². The van der Waals surface area contributed by atoms with Gasteiger partial charge in [0.15, 0.2) is 6.10 Å². The lowest BCUT2D eigenvalue weighted by Gasteiger charge is -2.16. The van der Waals surface area contributed by atoms with Crippen molar-refractivity contribution >= 4 is 17.5 Å². The normalized spacial score (nSPS) is 11.9. The molecule has 0 aromatic heterocycles. The molecule has 4 nitrogen and oxygen atoms in total. The van der Waals surface area contributed by atoms with Crippen LogP contribution in [0.3, 0.4) is 0 Å². The van der Waals surface area contributed by atoms with Gasteiger partial charge in [0.05, 0.1) is 6.61 Å². The first-order chi connectivity index (χ1) is 9.70. The quantitative estimate of drug-likeness (QED) is 0.505. The van der Waals surface area contributed by atoms with Gasteiger partial charge >= 0.3 is 0 Å². The van der Waals surface area contributed by atoms with Gasteiger partial charge in [0.25, 0.3) is 5.91 Å². The van der Waals surface area contributed by atoms with E-state index in [0.717, 1.165) is 11.1 Å². The number of carbonyl (C=O) groups is 1. The molecule has 3 N–H and O–H groups in total. The minimum Gasteiger partial charge on any atom is -0.359 e. The molecule has 0 bridgehead atoms. The number of hydrazine groups is 1. The molecule has 0 fully saturated rings. The minimum atomic E-state index is -0.739. The molecule has 0 aliphatic rings. The summed E-state index contributed by atoms with van der Waals surface area (Å²) in [6, 6.07) is 16.5. The van der Waals surface area contributed by atoms with Crippen molar-refractivity contribution in [3.63, 3.8) is 0 Å². The van der Waals surface area contributed by atoms with Crippen LogP contribution in [0.4, 0.5) is 0 Å². The number of hydrogen-bond donors (Lipinski definition) is 2. The van der Waals surface area contributed by atoms with Crippen molar-refractivity contribution in [3.05, 3.63) is 70.7 Å². The van der Waals surface area contributed by atoms with Crippen LogP contribution in [-0.4, -0.2) is 5.91 Å². The number of halogens is 1. The fourth-order valence-corrected chi connectivity index (χ4v) is 1.91. The molecule has 0 saturated heterocycles. The first-order valence-electron chi connectivity index (χ1n) is 6.12. The summed E-state index contributed by atoms with van der Waals surface area (Å²) in [6.45, 7) is 0.296. The first kappa shape index (κ1) is 14.5. The molecule has 0 aliphatic heterocycles. The predicted molar refractivity (Wildman–Crippen MR) is 77.8 cm³/mol. The zero-order valence-corrected chi connectivity index (χ0v) is 11.5. The van der Waals surface area contributed by atoms with Gasteiger partial charge in [-0.05, 0) is 23.3 Å². The summed E-state index contributed by atoms with van der Waals surface area (Å²) in [5.41, 5.74) is 3.81. The Kier molecular flexibility index (Phi) is 5.12. The van der Waals surface area contributed by atoms with E-state index >= 15 is 0 Å². The summed E-state index contributed by atoms with van der Waals surface area (Å²) in [5, 5.41) is 0.660. The number of carbonyl (C=O) groups excluding carboxylic acids is 1. The predicted octanol–water partition coefficient (Wildman–Crippen LogP) is 2.59. The van der Waals surface area contributed by atoms with E-state index in [9.17, 15) is 4.79 Å². The van der Waals surface area contributed by atoms with E-state index in [1.165, 1.54) is 0 Å². The SMILES string of the molecule is NNC(=O)C(OCc1ccc(Cl)cc1)c1ccccc1. The van der Waals surface area contributed by atoms with Crippen LogP contribution >= 0.6 is 11.6 Å². The highest BCUT2D eigenvalue weighted by Crippen LogP contribution is 2.19. The van der Waals surface area contributed by atoms with E-state index in [2.05, 4.69) is 5.43 Å². The Hall–Kier alpha value is -1.88. The summed E-state index contributed by atoms with van der Waals surface area (Å²) in [4.78, 5) is 11.8. The second-order valence-corrected chi connectivity index (χ2v) is 4.67. The Labute approximate surface area is 122 Å². The lowest BCUT2D eigenvalue weighted by atomic mass is 10.1. The van der Waals surface area contributed by atoms with Crippen molar-refractivity contribution in [2.24, 2.45) is 5.84 Å². The number of benzene rings is 2. The summed E-state index contributed by atoms with van der Waals surface area (Å²) in [5.74, 6) is 4.82. The molecule has 0 spiro atoms. The lowest BCUT2D eigenvalue weighted by molar-refractivity contribution is -0.134. The zero-order chi connectivity index (χ0) is 14.4. The molecule has 1 atom stereocenters. The van der Waals surface area contributed by atoms with Crippen LogP contribution in [0.1, 0.15) is 17.2 Å². The average molecular weight is 291 g/mol. The highest BCUT2D eigenvalue weighted by molar-refractivity contribution is 6.30. The van der Waals surface area contributed by atoms with Crippen LogP contribution in [0, 0.1) is 0 Å². The number of amides is 1. The van der Waals surface area contributed by atoms with Gasteiger partial charge in [-0.3, -0.25) is 10.2 Å². The summed E-state index contributed by atoms with van der Waals surface area (Å²) < 4.78 is 5.67. The molecule has 20 heavy (non-hydrogen) atoms. The number of nitrogens with two attached hydrogens (primary N) is 1. The maximum Gasteiger partial charge on any atom is 0.267 e. The third-order valence-corrected chi connectivity index (χ3v) is 3.06. The monoisotopic (exact) mass is 290 g/mol. The van der Waals surface area contributed by atoms with E-state index in [1.54, 1.807) is 12.1 Å². The number of rotatable bonds is 5. The standard InChI is InChI=1S/C15H15ClN2O2/c16-13-8-6-11(7-9-13)10-20-14(15(19)18-17)12-4-2-1-3-5-12/h1-9,14H,10,17H2,(H,18,19). The zero-order valence-electron chi connectivity index (χ0n) is 10.8.